The number of carbonyl (C=O) groups is 2. The second kappa shape index (κ2) is 9.39. The van der Waals surface area contributed by atoms with Crippen molar-refractivity contribution < 1.29 is 28.6 Å². The molecule has 0 unspecified atom stereocenters. The molecular weight excluding hydrogens is 449 g/mol. The highest BCUT2D eigenvalue weighted by atomic mass is 19.1. The largest absolute Gasteiger partial charge is 0.479 e. The number of carboxylic acid groups (broad SMARTS) is 1. The molecule has 3 aromatic rings. The number of carbonyl (C=O) groups excluding carboxylic acids is 1. The maximum Gasteiger partial charge on any atom is 0.405 e. The summed E-state index contributed by atoms with van der Waals surface area (Å²) < 4.78 is 27.1. The highest BCUT2D eigenvalue weighted by Crippen LogP contribution is 2.30. The summed E-state index contributed by atoms with van der Waals surface area (Å²) in [6.45, 7) is 0.498. The van der Waals surface area contributed by atoms with Gasteiger partial charge in [-0.15, -0.1) is 5.10 Å². The summed E-state index contributed by atoms with van der Waals surface area (Å²) in [7, 11) is 3.29. The van der Waals surface area contributed by atoms with Gasteiger partial charge in [-0.1, -0.05) is 0 Å². The minimum atomic E-state index is -1.22. The van der Waals surface area contributed by atoms with Crippen LogP contribution in [0.2, 0.25) is 0 Å². The number of nitrogens with zero attached hydrogens (tertiary/aromatic N) is 3. The maximum atomic E-state index is 14.8. The molecule has 0 aliphatic carbocycles. The van der Waals surface area contributed by atoms with Crippen LogP contribution in [0.1, 0.15) is 16.8 Å². The lowest BCUT2D eigenvalue weighted by Gasteiger charge is -2.32. The van der Waals surface area contributed by atoms with Gasteiger partial charge in [0.2, 0.25) is 5.88 Å². The zero-order valence-corrected chi connectivity index (χ0v) is 18.5. The quantitative estimate of drug-likeness (QED) is 0.344. The molecule has 2 amide bonds. The fourth-order valence-corrected chi connectivity index (χ4v) is 3.86. The van der Waals surface area contributed by atoms with E-state index in [1.54, 1.807) is 23.9 Å². The molecule has 0 radical (unpaired) electrons. The van der Waals surface area contributed by atoms with E-state index in [4.69, 9.17) is 20.3 Å². The van der Waals surface area contributed by atoms with Crippen molar-refractivity contribution in [1.29, 1.82) is 0 Å². The normalized spacial score (nSPS) is 17.9. The Balaban J connectivity index is 1.67. The summed E-state index contributed by atoms with van der Waals surface area (Å²) >= 11 is 0. The molecule has 4 rings (SSSR count). The molecule has 1 saturated heterocycles. The van der Waals surface area contributed by atoms with E-state index in [2.05, 4.69) is 26.0 Å². The molecule has 1 fully saturated rings. The van der Waals surface area contributed by atoms with Gasteiger partial charge in [-0.3, -0.25) is 9.48 Å². The van der Waals surface area contributed by atoms with E-state index in [9.17, 15) is 14.0 Å². The summed E-state index contributed by atoms with van der Waals surface area (Å²) in [5, 5.41) is 22.4. The molecule has 2 atom stereocenters. The number of anilines is 3. The van der Waals surface area contributed by atoms with E-state index in [0.717, 1.165) is 17.0 Å². The molecule has 3 heterocycles. The highest BCUT2D eigenvalue weighted by molar-refractivity contribution is 5.99. The van der Waals surface area contributed by atoms with Crippen LogP contribution >= 0.6 is 0 Å². The number of nitrogens with two attached hydrogens (primary N) is 1. The second-order valence-corrected chi connectivity index (χ2v) is 7.74. The van der Waals surface area contributed by atoms with Crippen LogP contribution < -0.4 is 26.4 Å². The van der Waals surface area contributed by atoms with Crippen LogP contribution in [0.3, 0.4) is 0 Å². The Hall–Kier alpha value is -4.13. The van der Waals surface area contributed by atoms with Crippen LogP contribution in [0.15, 0.2) is 24.3 Å². The topological polar surface area (TPSA) is 166 Å². The summed E-state index contributed by atoms with van der Waals surface area (Å²) in [5.41, 5.74) is 6.68. The van der Waals surface area contributed by atoms with Crippen LogP contribution in [-0.2, 0) is 11.8 Å². The number of fused-ring (bicyclic) bond motifs is 1. The minimum Gasteiger partial charge on any atom is -0.479 e. The Morgan fingerprint density at radius 1 is 1.29 bits per heavy atom. The molecule has 12 nitrogen and oxygen atoms in total. The first-order valence-electron chi connectivity index (χ1n) is 10.4. The molecule has 1 aliphatic heterocycles. The average Bonchev–Trinajstić information content (AvgIpc) is 3.11. The van der Waals surface area contributed by atoms with Gasteiger partial charge in [-0.2, -0.15) is 0 Å². The van der Waals surface area contributed by atoms with E-state index >= 15 is 0 Å². The Labute approximate surface area is 193 Å². The maximum absolute atomic E-state index is 14.8. The van der Waals surface area contributed by atoms with Gasteiger partial charge in [-0.05, 0) is 30.7 Å². The fourth-order valence-electron chi connectivity index (χ4n) is 3.86. The van der Waals surface area contributed by atoms with Crippen LogP contribution in [0.4, 0.5) is 26.5 Å². The van der Waals surface area contributed by atoms with E-state index in [0.29, 0.717) is 24.6 Å². The minimum absolute atomic E-state index is 0.0356. The summed E-state index contributed by atoms with van der Waals surface area (Å²) in [6.07, 6.45) is -0.799. The summed E-state index contributed by atoms with van der Waals surface area (Å²) in [4.78, 5) is 27.3. The van der Waals surface area contributed by atoms with Crippen molar-refractivity contribution in [3.63, 3.8) is 0 Å². The second-order valence-electron chi connectivity index (χ2n) is 7.74. The van der Waals surface area contributed by atoms with Gasteiger partial charge in [-0.25, -0.2) is 14.2 Å². The van der Waals surface area contributed by atoms with Gasteiger partial charge >= 0.3 is 6.09 Å². The Morgan fingerprint density at radius 2 is 2.09 bits per heavy atom. The third-order valence-corrected chi connectivity index (χ3v) is 5.50. The van der Waals surface area contributed by atoms with Crippen molar-refractivity contribution in [1.82, 2.24) is 20.1 Å². The molecule has 1 aliphatic rings. The number of rotatable bonds is 7. The van der Waals surface area contributed by atoms with E-state index in [-0.39, 0.29) is 23.8 Å². The number of pyridine rings is 1. The van der Waals surface area contributed by atoms with Crippen molar-refractivity contribution in [3.8, 4) is 5.88 Å². The van der Waals surface area contributed by atoms with Gasteiger partial charge in [0.15, 0.2) is 11.6 Å². The monoisotopic (exact) mass is 473 g/mol. The Kier molecular flexibility index (Phi) is 6.36. The lowest BCUT2D eigenvalue weighted by atomic mass is 10.0. The molecule has 34 heavy (non-hydrogen) atoms. The Morgan fingerprint density at radius 3 is 2.79 bits per heavy atom. The first-order valence-corrected chi connectivity index (χ1v) is 10.4. The zero-order chi connectivity index (χ0) is 24.4. The Bertz CT molecular complexity index is 1250. The average molecular weight is 473 g/mol. The number of benzene rings is 1. The number of nitrogens with one attached hydrogen (secondary N) is 3. The molecule has 13 heteroatoms. The van der Waals surface area contributed by atoms with Gasteiger partial charge in [0.05, 0.1) is 42.3 Å². The number of halogens is 1. The number of aromatic nitrogens is 3. The molecule has 0 spiro atoms. The molecular formula is C21H24FN7O5. The molecule has 180 valence electrons. The number of amides is 2. The molecule has 0 bridgehead atoms. The lowest BCUT2D eigenvalue weighted by Crippen LogP contribution is -2.52. The van der Waals surface area contributed by atoms with Crippen molar-refractivity contribution >= 4 is 40.2 Å². The molecule has 2 aromatic heterocycles. The number of methoxy groups -OCH3 is 1. The highest BCUT2D eigenvalue weighted by Gasteiger charge is 2.29. The van der Waals surface area contributed by atoms with Crippen LogP contribution in [0.5, 0.6) is 5.88 Å². The zero-order valence-electron chi connectivity index (χ0n) is 18.5. The molecule has 1 aromatic carbocycles. The van der Waals surface area contributed by atoms with E-state index < -0.39 is 29.9 Å². The van der Waals surface area contributed by atoms with Crippen molar-refractivity contribution in [2.75, 3.05) is 31.0 Å². The summed E-state index contributed by atoms with van der Waals surface area (Å²) in [5.74, 6) is -1.37. The molecule has 0 saturated carbocycles. The number of ether oxygens (including phenoxy) is 2. The van der Waals surface area contributed by atoms with Gasteiger partial charge in [0.1, 0.15) is 5.82 Å². The smallest absolute Gasteiger partial charge is 0.405 e. The first-order chi connectivity index (χ1) is 16.3. The van der Waals surface area contributed by atoms with Crippen LogP contribution in [0.25, 0.3) is 10.9 Å². The van der Waals surface area contributed by atoms with E-state index in [1.165, 1.54) is 7.11 Å². The van der Waals surface area contributed by atoms with Crippen LogP contribution in [-0.4, -0.2) is 64.3 Å². The van der Waals surface area contributed by atoms with Crippen molar-refractivity contribution in [3.05, 3.63) is 35.6 Å². The number of hydrogen-bond acceptors (Lipinski definition) is 8. The number of primary amides is 1. The van der Waals surface area contributed by atoms with Gasteiger partial charge < -0.3 is 36.3 Å². The summed E-state index contributed by atoms with van der Waals surface area (Å²) in [6, 6.07) is 5.22. The van der Waals surface area contributed by atoms with Crippen molar-refractivity contribution in [2.24, 2.45) is 12.8 Å². The van der Waals surface area contributed by atoms with Crippen LogP contribution in [0, 0.1) is 5.82 Å². The van der Waals surface area contributed by atoms with Gasteiger partial charge in [0.25, 0.3) is 5.91 Å². The van der Waals surface area contributed by atoms with E-state index in [1.807, 2.05) is 6.07 Å². The fraction of sp³-hybridized carbons (Fsp3) is 0.333. The van der Waals surface area contributed by atoms with Gasteiger partial charge in [0, 0.05) is 19.3 Å². The SMILES string of the molecule is COc1nn(C)c2ccc(Nc3nc(N[C@@H]4CCOC[C@@H]4NC(=O)O)c(F)cc3C(N)=O)cc12. The predicted molar refractivity (Wildman–Crippen MR) is 121 cm³/mol. The predicted octanol–water partition coefficient (Wildman–Crippen LogP) is 1.80. The first kappa shape index (κ1) is 23.0. The molecule has 6 N–H and O–H groups in total. The third-order valence-electron chi connectivity index (χ3n) is 5.50. The standard InChI is InChI=1S/C21H24FN7O5/c1-29-16-4-3-10(7-11(16)20(28-29)33-2)24-18-12(17(23)30)8-13(22)19(27-18)25-14-5-6-34-9-15(14)26-21(31)32/h3-4,7-8,14-15,26H,5-6,9H2,1-2H3,(H2,23,30)(H,31,32)(H2,24,25,27)/t14-,15+/m1/s1. The van der Waals surface area contributed by atoms with Crippen molar-refractivity contribution in [2.45, 2.75) is 18.5 Å². The lowest BCUT2D eigenvalue weighted by molar-refractivity contribution is 0.0625. The third kappa shape index (κ3) is 4.64. The number of aryl methyl sites for hydroxylation is 1. The number of hydrogen-bond donors (Lipinski definition) is 5.